The zero-order valence-corrected chi connectivity index (χ0v) is 12.0. The summed E-state index contributed by atoms with van der Waals surface area (Å²) in [5.74, 6) is 0. The average Bonchev–Trinajstić information content (AvgIpc) is 2.16. The summed E-state index contributed by atoms with van der Waals surface area (Å²) in [5, 5.41) is 0. The third-order valence-corrected chi connectivity index (χ3v) is 3.87. The van der Waals surface area contributed by atoms with E-state index in [0.29, 0.717) is 0 Å². The highest BCUT2D eigenvalue weighted by Gasteiger charge is 2.16. The van der Waals surface area contributed by atoms with Gasteiger partial charge in [-0.25, -0.2) is 0 Å². The van der Waals surface area contributed by atoms with Crippen LogP contribution in [0.3, 0.4) is 0 Å². The molecule has 0 heterocycles. The molecule has 0 bridgehead atoms. The highest BCUT2D eigenvalue weighted by Crippen LogP contribution is 2.30. The molecule has 0 saturated carbocycles. The summed E-state index contributed by atoms with van der Waals surface area (Å²) in [6, 6.07) is 4.67. The maximum Gasteiger partial charge on any atom is 0.0239 e. The molecule has 0 aliphatic carbocycles. The van der Waals surface area contributed by atoms with E-state index in [4.69, 9.17) is 0 Å². The van der Waals surface area contributed by atoms with Crippen molar-refractivity contribution in [3.8, 4) is 0 Å². The lowest BCUT2D eigenvalue weighted by atomic mass is 9.84. The van der Waals surface area contributed by atoms with Gasteiger partial charge in [0, 0.05) is 4.47 Å². The van der Waals surface area contributed by atoms with Crippen molar-refractivity contribution in [2.75, 3.05) is 0 Å². The Morgan fingerprint density at radius 3 is 1.67 bits per heavy atom. The summed E-state index contributed by atoms with van der Waals surface area (Å²) in [4.78, 5) is 0. The smallest absolute Gasteiger partial charge is 0.0239 e. The van der Waals surface area contributed by atoms with E-state index in [-0.39, 0.29) is 5.41 Å². The monoisotopic (exact) mass is 268 g/mol. The van der Waals surface area contributed by atoms with Crippen molar-refractivity contribution in [2.24, 2.45) is 0 Å². The van der Waals surface area contributed by atoms with Gasteiger partial charge < -0.3 is 0 Å². The Balaban J connectivity index is 3.33. The highest BCUT2D eigenvalue weighted by atomic mass is 79.9. The molecule has 0 aliphatic heterocycles. The van der Waals surface area contributed by atoms with Gasteiger partial charge in [0.2, 0.25) is 0 Å². The number of rotatable bonds is 2. The van der Waals surface area contributed by atoms with Crippen LogP contribution in [0.2, 0.25) is 0 Å². The first-order valence-corrected chi connectivity index (χ1v) is 6.51. The summed E-state index contributed by atoms with van der Waals surface area (Å²) in [6.07, 6.45) is 2.19. The molecule has 0 amide bonds. The Hall–Kier alpha value is -0.300. The van der Waals surface area contributed by atoms with Crippen molar-refractivity contribution in [1.82, 2.24) is 0 Å². The maximum absolute atomic E-state index is 3.70. The zero-order valence-electron chi connectivity index (χ0n) is 10.4. The largest absolute Gasteiger partial charge is 0.0613 e. The highest BCUT2D eigenvalue weighted by molar-refractivity contribution is 9.10. The predicted molar refractivity (Wildman–Crippen MR) is 71.6 cm³/mol. The molecule has 0 saturated heterocycles. The van der Waals surface area contributed by atoms with Crippen LogP contribution in [-0.2, 0) is 18.3 Å². The fraction of sp³-hybridized carbons (Fsp3) is 0.571. The van der Waals surface area contributed by atoms with Crippen molar-refractivity contribution in [3.05, 3.63) is 33.3 Å². The van der Waals surface area contributed by atoms with Crippen LogP contribution < -0.4 is 0 Å². The van der Waals surface area contributed by atoms with Crippen LogP contribution in [-0.4, -0.2) is 0 Å². The van der Waals surface area contributed by atoms with Crippen LogP contribution in [0.4, 0.5) is 0 Å². The van der Waals surface area contributed by atoms with Gasteiger partial charge in [-0.15, -0.1) is 0 Å². The Labute approximate surface area is 102 Å². The van der Waals surface area contributed by atoms with Crippen LogP contribution in [0.1, 0.15) is 51.3 Å². The van der Waals surface area contributed by atoms with Gasteiger partial charge in [0.15, 0.2) is 0 Å². The average molecular weight is 269 g/mol. The molecule has 84 valence electrons. The van der Waals surface area contributed by atoms with E-state index < -0.39 is 0 Å². The minimum Gasteiger partial charge on any atom is -0.0613 e. The molecule has 0 aromatic heterocycles. The normalized spacial score (nSPS) is 11.9. The molecule has 1 rings (SSSR count). The number of aryl methyl sites for hydroxylation is 2. The molecule has 0 aliphatic rings. The van der Waals surface area contributed by atoms with Gasteiger partial charge in [-0.2, -0.15) is 0 Å². The number of benzene rings is 1. The maximum atomic E-state index is 3.70. The molecule has 0 N–H and O–H groups in total. The Bertz CT molecular complexity index is 320. The van der Waals surface area contributed by atoms with E-state index in [9.17, 15) is 0 Å². The van der Waals surface area contributed by atoms with Gasteiger partial charge >= 0.3 is 0 Å². The van der Waals surface area contributed by atoms with Gasteiger partial charge in [-0.1, -0.05) is 62.7 Å². The summed E-state index contributed by atoms with van der Waals surface area (Å²) < 4.78 is 1.31. The zero-order chi connectivity index (χ0) is 11.6. The van der Waals surface area contributed by atoms with E-state index in [2.05, 4.69) is 62.7 Å². The molecule has 0 fully saturated rings. The summed E-state index contributed by atoms with van der Waals surface area (Å²) in [7, 11) is 0. The molecule has 0 radical (unpaired) electrons. The van der Waals surface area contributed by atoms with Gasteiger partial charge in [-0.05, 0) is 34.9 Å². The van der Waals surface area contributed by atoms with Crippen LogP contribution in [0.15, 0.2) is 16.6 Å². The molecule has 0 atom stereocenters. The van der Waals surface area contributed by atoms with E-state index in [1.807, 2.05) is 0 Å². The van der Waals surface area contributed by atoms with Crippen LogP contribution in [0, 0.1) is 0 Å². The van der Waals surface area contributed by atoms with Crippen LogP contribution in [0.5, 0.6) is 0 Å². The second-order valence-electron chi connectivity index (χ2n) is 5.07. The first-order valence-electron chi connectivity index (χ1n) is 5.72. The number of hydrogen-bond acceptors (Lipinski definition) is 0. The Morgan fingerprint density at radius 1 is 1.00 bits per heavy atom. The first kappa shape index (κ1) is 12.8. The van der Waals surface area contributed by atoms with Crippen molar-refractivity contribution in [2.45, 2.75) is 52.9 Å². The van der Waals surface area contributed by atoms with Gasteiger partial charge in [0.25, 0.3) is 0 Å². The molecular formula is C14H21Br. The van der Waals surface area contributed by atoms with Crippen LogP contribution in [0.25, 0.3) is 0 Å². The van der Waals surface area contributed by atoms with Crippen molar-refractivity contribution < 1.29 is 0 Å². The fourth-order valence-corrected chi connectivity index (χ4v) is 2.49. The molecule has 15 heavy (non-hydrogen) atoms. The molecule has 0 spiro atoms. The molecule has 0 nitrogen and oxygen atoms in total. The predicted octanol–water partition coefficient (Wildman–Crippen LogP) is 4.87. The summed E-state index contributed by atoms with van der Waals surface area (Å²) in [5.41, 5.74) is 4.55. The molecule has 0 unspecified atom stereocenters. The summed E-state index contributed by atoms with van der Waals surface area (Å²) >= 11 is 3.70. The molecule has 1 aromatic rings. The van der Waals surface area contributed by atoms with E-state index in [1.165, 1.54) is 21.2 Å². The minimum atomic E-state index is 0.245. The van der Waals surface area contributed by atoms with E-state index >= 15 is 0 Å². The van der Waals surface area contributed by atoms with E-state index in [1.54, 1.807) is 0 Å². The molecule has 1 heteroatoms. The lowest BCUT2D eigenvalue weighted by Crippen LogP contribution is -2.12. The third-order valence-electron chi connectivity index (χ3n) is 2.85. The second-order valence-corrected chi connectivity index (χ2v) is 5.86. The topological polar surface area (TPSA) is 0 Å². The quantitative estimate of drug-likeness (QED) is 0.718. The van der Waals surface area contributed by atoms with Crippen molar-refractivity contribution in [1.29, 1.82) is 0 Å². The lowest BCUT2D eigenvalue weighted by molar-refractivity contribution is 0.588. The lowest BCUT2D eigenvalue weighted by Gasteiger charge is -2.22. The second kappa shape index (κ2) is 4.69. The third kappa shape index (κ3) is 2.84. The Morgan fingerprint density at radius 2 is 1.40 bits per heavy atom. The fourth-order valence-electron chi connectivity index (χ4n) is 1.70. The number of hydrogen-bond donors (Lipinski definition) is 0. The molecule has 1 aromatic carbocycles. The summed E-state index contributed by atoms with van der Waals surface area (Å²) in [6.45, 7) is 11.2. The van der Waals surface area contributed by atoms with Gasteiger partial charge in [-0.3, -0.25) is 0 Å². The van der Waals surface area contributed by atoms with Crippen molar-refractivity contribution >= 4 is 15.9 Å². The van der Waals surface area contributed by atoms with Gasteiger partial charge in [0.1, 0.15) is 0 Å². The Kier molecular flexibility index (Phi) is 3.99. The first-order chi connectivity index (χ1) is 6.90. The van der Waals surface area contributed by atoms with E-state index in [0.717, 1.165) is 12.8 Å². The standard InChI is InChI=1S/C14H21Br/c1-6-10-8-12(14(3,4)5)9-11(7-2)13(10)15/h8-9H,6-7H2,1-5H3. The van der Waals surface area contributed by atoms with Crippen molar-refractivity contribution in [3.63, 3.8) is 0 Å². The van der Waals surface area contributed by atoms with Gasteiger partial charge in [0.05, 0.1) is 0 Å². The minimum absolute atomic E-state index is 0.245. The number of halogens is 1. The molecular weight excluding hydrogens is 248 g/mol. The SMILES string of the molecule is CCc1cc(C(C)(C)C)cc(CC)c1Br. The van der Waals surface area contributed by atoms with Crippen LogP contribution >= 0.6 is 15.9 Å².